The number of unbranched alkanes of at least 4 members (excludes halogenated alkanes) is 2. The molecule has 4 nitrogen and oxygen atoms in total. The Morgan fingerprint density at radius 3 is 2.53 bits per heavy atom. The van der Waals surface area contributed by atoms with Gasteiger partial charge in [-0.1, -0.05) is 36.8 Å². The second kappa shape index (κ2) is 8.67. The number of carbonyl (C=O) groups is 1. The van der Waals surface area contributed by atoms with Crippen LogP contribution in [-0.2, 0) is 4.79 Å². The van der Waals surface area contributed by atoms with E-state index in [1.165, 1.54) is 0 Å². The molecule has 2 atom stereocenters. The average molecular weight is 265 g/mol. The molecular weight excluding hydrogens is 242 g/mol. The Morgan fingerprint density at radius 2 is 1.89 bits per heavy atom. The fraction of sp³-hybridized carbons (Fsp3) is 0.533. The lowest BCUT2D eigenvalue weighted by atomic mass is 10.0. The first kappa shape index (κ1) is 15.7. The molecule has 1 aromatic rings. The van der Waals surface area contributed by atoms with Gasteiger partial charge in [0.1, 0.15) is 0 Å². The van der Waals surface area contributed by atoms with E-state index >= 15 is 0 Å². The molecule has 1 aromatic carbocycles. The molecule has 0 aliphatic rings. The third-order valence-corrected chi connectivity index (χ3v) is 3.15. The quantitative estimate of drug-likeness (QED) is 0.599. The van der Waals surface area contributed by atoms with Gasteiger partial charge in [0.25, 0.3) is 0 Å². The van der Waals surface area contributed by atoms with Crippen molar-refractivity contribution in [3.8, 4) is 0 Å². The van der Waals surface area contributed by atoms with Gasteiger partial charge in [-0.15, -0.1) is 0 Å². The van der Waals surface area contributed by atoms with Crippen LogP contribution < -0.4 is 5.32 Å². The van der Waals surface area contributed by atoms with Crippen LogP contribution in [0.15, 0.2) is 30.3 Å². The van der Waals surface area contributed by atoms with Gasteiger partial charge >= 0.3 is 5.97 Å². The highest BCUT2D eigenvalue weighted by Gasteiger charge is 2.14. The van der Waals surface area contributed by atoms with Crippen LogP contribution in [0, 0.1) is 0 Å². The molecule has 0 amide bonds. The summed E-state index contributed by atoms with van der Waals surface area (Å²) < 4.78 is 0. The van der Waals surface area contributed by atoms with E-state index in [-0.39, 0.29) is 12.5 Å². The van der Waals surface area contributed by atoms with E-state index < -0.39 is 12.1 Å². The number of aliphatic hydroxyl groups excluding tert-OH is 1. The number of hydrogen-bond donors (Lipinski definition) is 3. The Balaban J connectivity index is 2.17. The molecule has 0 spiro atoms. The van der Waals surface area contributed by atoms with Crippen LogP contribution in [0.1, 0.15) is 44.3 Å². The lowest BCUT2D eigenvalue weighted by Crippen LogP contribution is -2.32. The maximum atomic E-state index is 10.3. The molecule has 4 heteroatoms. The predicted molar refractivity (Wildman–Crippen MR) is 75.0 cm³/mol. The number of benzene rings is 1. The lowest BCUT2D eigenvalue weighted by Gasteiger charge is -2.20. The molecule has 0 bridgehead atoms. The summed E-state index contributed by atoms with van der Waals surface area (Å²) in [5.41, 5.74) is 0.911. The zero-order valence-electron chi connectivity index (χ0n) is 11.4. The van der Waals surface area contributed by atoms with Crippen molar-refractivity contribution in [2.24, 2.45) is 0 Å². The molecular formula is C15H23NO3. The van der Waals surface area contributed by atoms with Gasteiger partial charge in [-0.2, -0.15) is 0 Å². The van der Waals surface area contributed by atoms with Gasteiger partial charge in [0, 0.05) is 12.5 Å². The third-order valence-electron chi connectivity index (χ3n) is 3.15. The van der Waals surface area contributed by atoms with Crippen LogP contribution in [0.5, 0.6) is 0 Å². The number of hydrogen-bond acceptors (Lipinski definition) is 3. The monoisotopic (exact) mass is 265 g/mol. The van der Waals surface area contributed by atoms with Crippen LogP contribution in [0.25, 0.3) is 0 Å². The summed E-state index contributed by atoms with van der Waals surface area (Å²) in [5, 5.41) is 21.9. The summed E-state index contributed by atoms with van der Waals surface area (Å²) in [7, 11) is 0. The molecule has 0 fully saturated rings. The summed E-state index contributed by atoms with van der Waals surface area (Å²) in [6, 6.07) is 9.57. The summed E-state index contributed by atoms with van der Waals surface area (Å²) in [5.74, 6) is -0.735. The molecule has 1 rings (SSSR count). The van der Waals surface area contributed by atoms with E-state index in [1.807, 2.05) is 37.3 Å². The van der Waals surface area contributed by atoms with Crippen molar-refractivity contribution >= 4 is 5.97 Å². The second-order valence-corrected chi connectivity index (χ2v) is 4.80. The zero-order valence-corrected chi connectivity index (χ0v) is 11.4. The Bertz CT molecular complexity index is 367. The molecule has 0 aromatic heterocycles. The fourth-order valence-corrected chi connectivity index (χ4v) is 1.96. The highest BCUT2D eigenvalue weighted by molar-refractivity contribution is 5.66. The highest BCUT2D eigenvalue weighted by atomic mass is 16.4. The standard InChI is InChI=1S/C15H23NO3/c1-12(15(19)13-8-4-2-5-9-13)16-11-7-3-6-10-14(17)18/h2,4-5,8-9,12,15-16,19H,3,6-7,10-11H2,1H3,(H,17,18). The summed E-state index contributed by atoms with van der Waals surface area (Å²) in [6.07, 6.45) is 2.27. The van der Waals surface area contributed by atoms with Crippen molar-refractivity contribution < 1.29 is 15.0 Å². The van der Waals surface area contributed by atoms with Gasteiger partial charge in [-0.3, -0.25) is 4.79 Å². The SMILES string of the molecule is CC(NCCCCCC(=O)O)C(O)c1ccccc1. The Labute approximate surface area is 114 Å². The van der Waals surface area contributed by atoms with Gasteiger partial charge in [-0.25, -0.2) is 0 Å². The van der Waals surface area contributed by atoms with E-state index in [9.17, 15) is 9.90 Å². The molecule has 3 N–H and O–H groups in total. The van der Waals surface area contributed by atoms with Crippen LogP contribution >= 0.6 is 0 Å². The van der Waals surface area contributed by atoms with Crippen molar-refractivity contribution in [3.63, 3.8) is 0 Å². The van der Waals surface area contributed by atoms with Gasteiger partial charge in [0.05, 0.1) is 6.10 Å². The minimum absolute atomic E-state index is 0.0122. The molecule has 0 aliphatic carbocycles. The normalized spacial score (nSPS) is 14.0. The molecule has 19 heavy (non-hydrogen) atoms. The first-order chi connectivity index (χ1) is 9.11. The smallest absolute Gasteiger partial charge is 0.303 e. The number of aliphatic hydroxyl groups is 1. The second-order valence-electron chi connectivity index (χ2n) is 4.80. The minimum Gasteiger partial charge on any atom is -0.481 e. The summed E-state index contributed by atoms with van der Waals surface area (Å²) >= 11 is 0. The highest BCUT2D eigenvalue weighted by Crippen LogP contribution is 2.15. The first-order valence-electron chi connectivity index (χ1n) is 6.79. The molecule has 0 radical (unpaired) electrons. The van der Waals surface area contributed by atoms with Crippen molar-refractivity contribution in [1.29, 1.82) is 0 Å². The lowest BCUT2D eigenvalue weighted by molar-refractivity contribution is -0.137. The fourth-order valence-electron chi connectivity index (χ4n) is 1.96. The van der Waals surface area contributed by atoms with Gasteiger partial charge in [0.15, 0.2) is 0 Å². The maximum Gasteiger partial charge on any atom is 0.303 e. The zero-order chi connectivity index (χ0) is 14.1. The van der Waals surface area contributed by atoms with Crippen molar-refractivity contribution in [2.75, 3.05) is 6.54 Å². The molecule has 2 unspecified atom stereocenters. The van der Waals surface area contributed by atoms with Gasteiger partial charge < -0.3 is 15.5 Å². The van der Waals surface area contributed by atoms with Crippen molar-refractivity contribution in [1.82, 2.24) is 5.32 Å². The van der Waals surface area contributed by atoms with E-state index in [0.717, 1.165) is 24.9 Å². The van der Waals surface area contributed by atoms with Crippen LogP contribution in [0.4, 0.5) is 0 Å². The Morgan fingerprint density at radius 1 is 1.21 bits per heavy atom. The Kier molecular flexibility index (Phi) is 7.15. The van der Waals surface area contributed by atoms with E-state index in [0.29, 0.717) is 6.42 Å². The van der Waals surface area contributed by atoms with Gasteiger partial charge in [0.2, 0.25) is 0 Å². The van der Waals surface area contributed by atoms with Crippen molar-refractivity contribution in [3.05, 3.63) is 35.9 Å². The molecule has 0 heterocycles. The van der Waals surface area contributed by atoms with E-state index in [2.05, 4.69) is 5.32 Å². The van der Waals surface area contributed by atoms with Crippen LogP contribution in [0.3, 0.4) is 0 Å². The average Bonchev–Trinajstić information content (AvgIpc) is 2.42. The Hall–Kier alpha value is -1.39. The number of aliphatic carboxylic acids is 1. The maximum absolute atomic E-state index is 10.3. The molecule has 0 saturated heterocycles. The molecule has 0 aliphatic heterocycles. The largest absolute Gasteiger partial charge is 0.481 e. The van der Waals surface area contributed by atoms with Crippen LogP contribution in [-0.4, -0.2) is 28.8 Å². The summed E-state index contributed by atoms with van der Waals surface area (Å²) in [4.78, 5) is 10.3. The minimum atomic E-state index is -0.735. The number of nitrogens with one attached hydrogen (secondary N) is 1. The van der Waals surface area contributed by atoms with Crippen LogP contribution in [0.2, 0.25) is 0 Å². The third kappa shape index (κ3) is 6.36. The van der Waals surface area contributed by atoms with E-state index in [1.54, 1.807) is 0 Å². The topological polar surface area (TPSA) is 69.6 Å². The first-order valence-corrected chi connectivity index (χ1v) is 6.79. The number of rotatable bonds is 9. The molecule has 106 valence electrons. The predicted octanol–water partition coefficient (Wildman–Crippen LogP) is 2.34. The van der Waals surface area contributed by atoms with Gasteiger partial charge in [-0.05, 0) is 31.9 Å². The number of carboxylic acids is 1. The van der Waals surface area contributed by atoms with E-state index in [4.69, 9.17) is 5.11 Å². The molecule has 0 saturated carbocycles. The van der Waals surface area contributed by atoms with Crippen molar-refractivity contribution in [2.45, 2.75) is 44.8 Å². The summed E-state index contributed by atoms with van der Waals surface area (Å²) in [6.45, 7) is 2.75. The number of carboxylic acid groups (broad SMARTS) is 1.